The van der Waals surface area contributed by atoms with Gasteiger partial charge in [0.15, 0.2) is 0 Å². The first kappa shape index (κ1) is 13.1. The number of rotatable bonds is 2. The van der Waals surface area contributed by atoms with Gasteiger partial charge in [0, 0.05) is 0 Å². The maximum Gasteiger partial charge on any atom is -0.00819 e. The largest absolute Gasteiger partial charge is 0.103 e. The van der Waals surface area contributed by atoms with Crippen molar-refractivity contribution in [1.82, 2.24) is 0 Å². The first-order valence-electron chi connectivity index (χ1n) is 10.4. The second-order valence-electron chi connectivity index (χ2n) is 10.6. The van der Waals surface area contributed by atoms with Crippen LogP contribution in [0, 0.1) is 58.7 Å². The summed E-state index contributed by atoms with van der Waals surface area (Å²) in [7, 11) is 0. The Labute approximate surface area is 136 Å². The molecule has 22 heavy (non-hydrogen) atoms. The van der Waals surface area contributed by atoms with E-state index < -0.39 is 0 Å². The number of allylic oxidation sites excluding steroid dienone is 1. The van der Waals surface area contributed by atoms with Gasteiger partial charge < -0.3 is 0 Å². The van der Waals surface area contributed by atoms with Crippen LogP contribution in [0.2, 0.25) is 0 Å². The smallest absolute Gasteiger partial charge is 0.00819 e. The van der Waals surface area contributed by atoms with Crippen molar-refractivity contribution in [3.05, 3.63) is 12.7 Å². The third-order valence-corrected chi connectivity index (χ3v) is 9.57. The van der Waals surface area contributed by atoms with E-state index in [0.717, 1.165) is 53.3 Å². The molecule has 8 fully saturated rings. The maximum absolute atomic E-state index is 4.41. The SMILES string of the molecule is C=CC12CC3CC(CC(C3)C1C1C3CC4CC(C3)CC1C4)C2. The van der Waals surface area contributed by atoms with Crippen LogP contribution in [-0.4, -0.2) is 0 Å². The molecule has 8 rings (SSSR count). The number of hydrogen-bond acceptors (Lipinski definition) is 0. The van der Waals surface area contributed by atoms with Gasteiger partial charge in [-0.2, -0.15) is 0 Å². The molecule has 8 saturated carbocycles. The lowest BCUT2D eigenvalue weighted by molar-refractivity contribution is -0.163. The minimum absolute atomic E-state index is 0.578. The predicted molar refractivity (Wildman–Crippen MR) is 90.2 cm³/mol. The Bertz CT molecular complexity index is 460. The molecule has 0 saturated heterocycles. The third kappa shape index (κ3) is 1.56. The van der Waals surface area contributed by atoms with E-state index in [2.05, 4.69) is 12.7 Å². The molecular weight excluding hydrogens is 264 g/mol. The van der Waals surface area contributed by atoms with Crippen LogP contribution < -0.4 is 0 Å². The Balaban J connectivity index is 1.40. The molecule has 3 atom stereocenters. The minimum atomic E-state index is 0.578. The molecule has 8 bridgehead atoms. The van der Waals surface area contributed by atoms with Crippen molar-refractivity contribution < 1.29 is 0 Å². The van der Waals surface area contributed by atoms with Crippen LogP contribution in [0.15, 0.2) is 12.7 Å². The van der Waals surface area contributed by atoms with E-state index in [4.69, 9.17) is 0 Å². The van der Waals surface area contributed by atoms with E-state index in [1.165, 1.54) is 12.8 Å². The van der Waals surface area contributed by atoms with Crippen LogP contribution in [0.3, 0.4) is 0 Å². The van der Waals surface area contributed by atoms with Crippen LogP contribution in [0.25, 0.3) is 0 Å². The van der Waals surface area contributed by atoms with Gasteiger partial charge in [0.25, 0.3) is 0 Å². The normalized spacial score (nSPS) is 64.3. The highest BCUT2D eigenvalue weighted by Gasteiger charge is 2.61. The molecule has 0 radical (unpaired) electrons. The number of fused-ring (bicyclic) bond motifs is 1. The highest BCUT2D eigenvalue weighted by molar-refractivity contribution is 5.16. The zero-order chi connectivity index (χ0) is 14.5. The maximum atomic E-state index is 4.41. The summed E-state index contributed by atoms with van der Waals surface area (Å²) in [5, 5.41) is 0. The zero-order valence-corrected chi connectivity index (χ0v) is 14.1. The van der Waals surface area contributed by atoms with Gasteiger partial charge >= 0.3 is 0 Å². The minimum Gasteiger partial charge on any atom is -0.103 e. The van der Waals surface area contributed by atoms with Crippen LogP contribution in [0.4, 0.5) is 0 Å². The van der Waals surface area contributed by atoms with Crippen molar-refractivity contribution in [2.45, 2.75) is 64.2 Å². The van der Waals surface area contributed by atoms with Crippen LogP contribution in [-0.2, 0) is 0 Å². The van der Waals surface area contributed by atoms with E-state index in [1.807, 2.05) is 0 Å². The molecule has 0 aromatic heterocycles. The molecule has 0 nitrogen and oxygen atoms in total. The summed E-state index contributed by atoms with van der Waals surface area (Å²) < 4.78 is 0. The fraction of sp³-hybridized carbons (Fsp3) is 0.909. The van der Waals surface area contributed by atoms with Gasteiger partial charge in [-0.05, 0) is 123 Å². The molecule has 0 heterocycles. The molecule has 0 aromatic carbocycles. The highest BCUT2D eigenvalue weighted by Crippen LogP contribution is 2.70. The topological polar surface area (TPSA) is 0 Å². The van der Waals surface area contributed by atoms with Crippen LogP contribution in [0.5, 0.6) is 0 Å². The van der Waals surface area contributed by atoms with E-state index in [1.54, 1.807) is 51.4 Å². The summed E-state index contributed by atoms with van der Waals surface area (Å²) in [4.78, 5) is 0. The van der Waals surface area contributed by atoms with Gasteiger partial charge in [0.1, 0.15) is 0 Å². The monoisotopic (exact) mass is 296 g/mol. The summed E-state index contributed by atoms with van der Waals surface area (Å²) in [5.74, 6) is 9.90. The van der Waals surface area contributed by atoms with Crippen LogP contribution in [0.1, 0.15) is 64.2 Å². The van der Waals surface area contributed by atoms with Crippen molar-refractivity contribution in [2.24, 2.45) is 58.7 Å². The molecule has 0 aromatic rings. The summed E-state index contributed by atoms with van der Waals surface area (Å²) >= 11 is 0. The molecule has 0 heteroatoms. The molecule has 0 aliphatic heterocycles. The van der Waals surface area contributed by atoms with E-state index in [9.17, 15) is 0 Å². The number of hydrogen-bond donors (Lipinski definition) is 0. The molecule has 3 unspecified atom stereocenters. The molecule has 0 amide bonds. The Morgan fingerprint density at radius 2 is 1.14 bits per heavy atom. The van der Waals surface area contributed by atoms with E-state index >= 15 is 0 Å². The van der Waals surface area contributed by atoms with Crippen molar-refractivity contribution in [3.8, 4) is 0 Å². The van der Waals surface area contributed by atoms with Gasteiger partial charge in [-0.3, -0.25) is 0 Å². The third-order valence-electron chi connectivity index (χ3n) is 9.57. The van der Waals surface area contributed by atoms with E-state index in [-0.39, 0.29) is 0 Å². The summed E-state index contributed by atoms with van der Waals surface area (Å²) in [6.45, 7) is 4.41. The molecule has 120 valence electrons. The Morgan fingerprint density at radius 3 is 1.68 bits per heavy atom. The van der Waals surface area contributed by atoms with Crippen molar-refractivity contribution in [3.63, 3.8) is 0 Å². The molecular formula is C22H32. The van der Waals surface area contributed by atoms with Gasteiger partial charge in [-0.15, -0.1) is 6.58 Å². The molecule has 8 aliphatic rings. The van der Waals surface area contributed by atoms with Gasteiger partial charge in [-0.1, -0.05) is 6.08 Å². The highest BCUT2D eigenvalue weighted by atomic mass is 14.7. The first-order valence-corrected chi connectivity index (χ1v) is 10.4. The molecule has 0 spiro atoms. The Hall–Kier alpha value is -0.260. The van der Waals surface area contributed by atoms with Crippen LogP contribution >= 0.6 is 0 Å². The standard InChI is InChI=1S/C22H32/c1-2-22-11-15-4-16(12-22)10-19(9-15)21(22)20-17-5-13-3-14(7-17)8-18(20)6-13/h2,13-21H,1,3-12H2. The van der Waals surface area contributed by atoms with Gasteiger partial charge in [0.05, 0.1) is 0 Å². The summed E-state index contributed by atoms with van der Waals surface area (Å²) in [6.07, 6.45) is 18.4. The lowest BCUT2D eigenvalue weighted by atomic mass is 9.38. The zero-order valence-electron chi connectivity index (χ0n) is 14.1. The molecule has 8 aliphatic carbocycles. The summed E-state index contributed by atoms with van der Waals surface area (Å²) in [6, 6.07) is 0. The van der Waals surface area contributed by atoms with Crippen molar-refractivity contribution in [2.75, 3.05) is 0 Å². The second-order valence-corrected chi connectivity index (χ2v) is 10.6. The van der Waals surface area contributed by atoms with Crippen molar-refractivity contribution in [1.29, 1.82) is 0 Å². The van der Waals surface area contributed by atoms with Gasteiger partial charge in [-0.25, -0.2) is 0 Å². The molecule has 0 N–H and O–H groups in total. The van der Waals surface area contributed by atoms with Crippen molar-refractivity contribution >= 4 is 0 Å². The lowest BCUT2D eigenvalue weighted by Gasteiger charge is -2.67. The quantitative estimate of drug-likeness (QED) is 0.574. The Morgan fingerprint density at radius 1 is 0.636 bits per heavy atom. The first-order chi connectivity index (χ1) is 10.7. The fourth-order valence-corrected chi connectivity index (χ4v) is 9.70. The lowest BCUT2D eigenvalue weighted by Crippen LogP contribution is -2.59. The Kier molecular flexibility index (Phi) is 2.51. The average molecular weight is 296 g/mol. The summed E-state index contributed by atoms with van der Waals surface area (Å²) in [5.41, 5.74) is 0.578. The van der Waals surface area contributed by atoms with Gasteiger partial charge in [0.2, 0.25) is 0 Å². The fourth-order valence-electron chi connectivity index (χ4n) is 9.70. The predicted octanol–water partition coefficient (Wildman–Crippen LogP) is 5.69. The second kappa shape index (κ2) is 4.22. The average Bonchev–Trinajstić information content (AvgIpc) is 2.48. The van der Waals surface area contributed by atoms with E-state index in [0.29, 0.717) is 5.41 Å².